The quantitative estimate of drug-likeness (QED) is 0.419. The molecule has 0 bridgehead atoms. The van der Waals surface area contributed by atoms with Crippen LogP contribution < -0.4 is 10.6 Å². The van der Waals surface area contributed by atoms with E-state index >= 15 is 0 Å². The zero-order valence-corrected chi connectivity index (χ0v) is 16.5. The summed E-state index contributed by atoms with van der Waals surface area (Å²) in [4.78, 5) is 4.65. The zero-order valence-electron chi connectivity index (χ0n) is 14.2. The third kappa shape index (κ3) is 5.56. The van der Waals surface area contributed by atoms with E-state index in [0.717, 1.165) is 42.6 Å². The molecule has 23 heavy (non-hydrogen) atoms. The molecule has 2 aromatic rings. The molecule has 0 atom stereocenters. The Labute approximate surface area is 154 Å². The smallest absolute Gasteiger partial charge is 0.191 e. The van der Waals surface area contributed by atoms with E-state index < -0.39 is 0 Å². The summed E-state index contributed by atoms with van der Waals surface area (Å²) in [7, 11) is 1.96. The highest BCUT2D eigenvalue weighted by molar-refractivity contribution is 14.0. The van der Waals surface area contributed by atoms with Crippen molar-refractivity contribution in [3.8, 4) is 0 Å². The van der Waals surface area contributed by atoms with E-state index in [-0.39, 0.29) is 24.0 Å². The van der Waals surface area contributed by atoms with Crippen LogP contribution in [0.25, 0.3) is 0 Å². The third-order valence-electron chi connectivity index (χ3n) is 3.64. The number of rotatable bonds is 6. The molecule has 0 unspecified atom stereocenters. The molecule has 0 saturated heterocycles. The monoisotopic (exact) mass is 431 g/mol. The summed E-state index contributed by atoms with van der Waals surface area (Å²) >= 11 is 0. The Balaban J connectivity index is 0.00000264. The molecule has 128 valence electrons. The predicted molar refractivity (Wildman–Crippen MR) is 103 cm³/mol. The fraction of sp³-hybridized carbons (Fsp3) is 0.500. The number of halogens is 1. The van der Waals surface area contributed by atoms with E-state index in [1.165, 1.54) is 5.56 Å². The van der Waals surface area contributed by atoms with Gasteiger partial charge in [0.05, 0.1) is 18.5 Å². The maximum atomic E-state index is 5.33. The van der Waals surface area contributed by atoms with Crippen molar-refractivity contribution in [1.82, 2.24) is 20.4 Å². The second-order valence-electron chi connectivity index (χ2n) is 5.22. The van der Waals surface area contributed by atoms with Gasteiger partial charge in [-0.25, -0.2) is 4.99 Å². The minimum atomic E-state index is 0. The van der Waals surface area contributed by atoms with Crippen LogP contribution in [0.2, 0.25) is 0 Å². The Morgan fingerprint density at radius 1 is 1.35 bits per heavy atom. The van der Waals surface area contributed by atoms with Crippen molar-refractivity contribution in [3.05, 3.63) is 41.1 Å². The molecule has 0 spiro atoms. The molecule has 7 heteroatoms. The lowest BCUT2D eigenvalue weighted by Gasteiger charge is -2.10. The van der Waals surface area contributed by atoms with Crippen LogP contribution in [-0.2, 0) is 20.0 Å². The fourth-order valence-corrected chi connectivity index (χ4v) is 2.31. The van der Waals surface area contributed by atoms with Gasteiger partial charge in [-0.15, -0.1) is 24.0 Å². The van der Waals surface area contributed by atoms with Crippen molar-refractivity contribution in [1.29, 1.82) is 0 Å². The Kier molecular flexibility index (Phi) is 8.15. The summed E-state index contributed by atoms with van der Waals surface area (Å²) in [6.07, 6.45) is 2.53. The maximum absolute atomic E-state index is 5.33. The van der Waals surface area contributed by atoms with Gasteiger partial charge in [-0.1, -0.05) is 0 Å². The van der Waals surface area contributed by atoms with E-state index in [1.807, 2.05) is 30.8 Å². The standard InChI is InChI=1S/C16H25N5O.HI/c1-5-17-16(18-9-8-14-7-6-10-22-14)19-11-15-12(2)20-21(4)13(15)3;/h6-7,10H,5,8-9,11H2,1-4H3,(H2,17,18,19);1H. The Morgan fingerprint density at radius 2 is 2.13 bits per heavy atom. The Morgan fingerprint density at radius 3 is 2.70 bits per heavy atom. The van der Waals surface area contributed by atoms with E-state index in [0.29, 0.717) is 6.54 Å². The van der Waals surface area contributed by atoms with Gasteiger partial charge in [0, 0.05) is 37.8 Å². The number of aryl methyl sites for hydroxylation is 2. The highest BCUT2D eigenvalue weighted by Gasteiger charge is 2.09. The molecular weight excluding hydrogens is 405 g/mol. The van der Waals surface area contributed by atoms with Crippen molar-refractivity contribution in [2.45, 2.75) is 33.7 Å². The number of nitrogens with one attached hydrogen (secondary N) is 2. The first-order valence-corrected chi connectivity index (χ1v) is 7.65. The summed E-state index contributed by atoms with van der Waals surface area (Å²) < 4.78 is 7.23. The van der Waals surface area contributed by atoms with Gasteiger partial charge >= 0.3 is 0 Å². The topological polar surface area (TPSA) is 67.4 Å². The first kappa shape index (κ1) is 19.5. The van der Waals surface area contributed by atoms with E-state index in [9.17, 15) is 0 Å². The molecule has 2 aromatic heterocycles. The van der Waals surface area contributed by atoms with Crippen LogP contribution in [-0.4, -0.2) is 28.8 Å². The number of hydrogen-bond donors (Lipinski definition) is 2. The Bertz CT molecular complexity index is 619. The van der Waals surface area contributed by atoms with Gasteiger partial charge < -0.3 is 15.1 Å². The second kappa shape index (κ2) is 9.59. The van der Waals surface area contributed by atoms with Crippen LogP contribution in [0.4, 0.5) is 0 Å². The van der Waals surface area contributed by atoms with Crippen LogP contribution in [0.5, 0.6) is 0 Å². The van der Waals surface area contributed by atoms with Crippen LogP contribution in [0, 0.1) is 13.8 Å². The van der Waals surface area contributed by atoms with Gasteiger partial charge in [0.15, 0.2) is 5.96 Å². The van der Waals surface area contributed by atoms with Crippen molar-refractivity contribution >= 4 is 29.9 Å². The van der Waals surface area contributed by atoms with Gasteiger partial charge in [-0.2, -0.15) is 5.10 Å². The molecule has 0 saturated carbocycles. The van der Waals surface area contributed by atoms with Crippen molar-refractivity contribution in [2.75, 3.05) is 13.1 Å². The molecule has 0 amide bonds. The third-order valence-corrected chi connectivity index (χ3v) is 3.64. The zero-order chi connectivity index (χ0) is 15.9. The van der Waals surface area contributed by atoms with Gasteiger partial charge in [0.25, 0.3) is 0 Å². The molecule has 2 rings (SSSR count). The van der Waals surface area contributed by atoms with Crippen molar-refractivity contribution in [2.24, 2.45) is 12.0 Å². The average molecular weight is 431 g/mol. The summed E-state index contributed by atoms with van der Waals surface area (Å²) in [5, 5.41) is 11.0. The first-order chi connectivity index (χ1) is 10.6. The van der Waals surface area contributed by atoms with Crippen LogP contribution in [0.15, 0.2) is 27.8 Å². The molecular formula is C16H26IN5O. The molecule has 0 aliphatic heterocycles. The summed E-state index contributed by atoms with van der Waals surface area (Å²) in [5.41, 5.74) is 3.38. The van der Waals surface area contributed by atoms with Crippen LogP contribution in [0.3, 0.4) is 0 Å². The molecule has 0 aromatic carbocycles. The summed E-state index contributed by atoms with van der Waals surface area (Å²) in [5.74, 6) is 1.79. The highest BCUT2D eigenvalue weighted by Crippen LogP contribution is 2.12. The number of aromatic nitrogens is 2. The summed E-state index contributed by atoms with van der Waals surface area (Å²) in [6.45, 7) is 8.39. The van der Waals surface area contributed by atoms with Crippen molar-refractivity contribution < 1.29 is 4.42 Å². The number of furan rings is 1. The minimum Gasteiger partial charge on any atom is -0.469 e. The fourth-order valence-electron chi connectivity index (χ4n) is 2.31. The molecule has 0 aliphatic rings. The molecule has 0 fully saturated rings. The predicted octanol–water partition coefficient (Wildman–Crippen LogP) is 2.55. The molecule has 0 aliphatic carbocycles. The van der Waals surface area contributed by atoms with Gasteiger partial charge in [-0.3, -0.25) is 4.68 Å². The van der Waals surface area contributed by atoms with E-state index in [4.69, 9.17) is 4.42 Å². The number of aliphatic imine (C=N–C) groups is 1. The molecule has 0 radical (unpaired) electrons. The first-order valence-electron chi connectivity index (χ1n) is 7.65. The van der Waals surface area contributed by atoms with Gasteiger partial charge in [0.1, 0.15) is 5.76 Å². The van der Waals surface area contributed by atoms with E-state index in [1.54, 1.807) is 6.26 Å². The van der Waals surface area contributed by atoms with Crippen molar-refractivity contribution in [3.63, 3.8) is 0 Å². The lowest BCUT2D eigenvalue weighted by atomic mass is 10.2. The number of hydrogen-bond acceptors (Lipinski definition) is 3. The Hall–Kier alpha value is -1.51. The van der Waals surface area contributed by atoms with Gasteiger partial charge in [-0.05, 0) is 32.9 Å². The summed E-state index contributed by atoms with van der Waals surface area (Å²) in [6, 6.07) is 3.89. The minimum absolute atomic E-state index is 0. The lowest BCUT2D eigenvalue weighted by Crippen LogP contribution is -2.38. The molecule has 2 heterocycles. The largest absolute Gasteiger partial charge is 0.469 e. The molecule has 6 nitrogen and oxygen atoms in total. The molecule has 2 N–H and O–H groups in total. The highest BCUT2D eigenvalue weighted by atomic mass is 127. The average Bonchev–Trinajstić information content (AvgIpc) is 3.07. The van der Waals surface area contributed by atoms with Crippen LogP contribution in [0.1, 0.15) is 29.6 Å². The SMILES string of the molecule is CCNC(=NCc1c(C)nn(C)c1C)NCCc1ccco1.I. The normalized spacial score (nSPS) is 11.2. The van der Waals surface area contributed by atoms with E-state index in [2.05, 4.69) is 34.6 Å². The van der Waals surface area contributed by atoms with Gasteiger partial charge in [0.2, 0.25) is 0 Å². The van der Waals surface area contributed by atoms with Crippen LogP contribution >= 0.6 is 24.0 Å². The number of nitrogens with zero attached hydrogens (tertiary/aromatic N) is 3. The number of guanidine groups is 1. The maximum Gasteiger partial charge on any atom is 0.191 e. The second-order valence-corrected chi connectivity index (χ2v) is 5.22. The lowest BCUT2D eigenvalue weighted by molar-refractivity contribution is 0.507.